The van der Waals surface area contributed by atoms with Crippen molar-refractivity contribution in [2.45, 2.75) is 0 Å². The van der Waals surface area contributed by atoms with Crippen LogP contribution in [-0.2, 0) is 4.79 Å². The highest BCUT2D eigenvalue weighted by Crippen LogP contribution is 2.23. The van der Waals surface area contributed by atoms with Crippen molar-refractivity contribution in [3.05, 3.63) is 65.4 Å². The maximum absolute atomic E-state index is 12.1. The number of methoxy groups -OCH3 is 2. The molecule has 0 atom stereocenters. The van der Waals surface area contributed by atoms with Gasteiger partial charge in [0.15, 0.2) is 0 Å². The molecule has 2 aromatic rings. The van der Waals surface area contributed by atoms with E-state index >= 15 is 0 Å². The Labute approximate surface area is 139 Å². The van der Waals surface area contributed by atoms with Crippen molar-refractivity contribution in [1.82, 2.24) is 5.32 Å². The van der Waals surface area contributed by atoms with E-state index in [0.29, 0.717) is 22.6 Å². The van der Waals surface area contributed by atoms with Gasteiger partial charge in [-0.25, -0.2) is 4.79 Å². The van der Waals surface area contributed by atoms with Crippen molar-refractivity contribution in [3.8, 4) is 11.5 Å². The van der Waals surface area contributed by atoms with E-state index in [-0.39, 0.29) is 5.70 Å². The van der Waals surface area contributed by atoms with Gasteiger partial charge in [-0.05, 0) is 35.9 Å². The number of amides is 1. The number of carboxylic acids is 1. The topological polar surface area (TPSA) is 84.9 Å². The summed E-state index contributed by atoms with van der Waals surface area (Å²) < 4.78 is 10.3. The first-order chi connectivity index (χ1) is 11.5. The minimum atomic E-state index is -1.25. The lowest BCUT2D eigenvalue weighted by Crippen LogP contribution is -2.27. The number of carbonyl (C=O) groups is 2. The molecule has 0 saturated heterocycles. The van der Waals surface area contributed by atoms with Gasteiger partial charge >= 0.3 is 5.97 Å². The fraction of sp³-hybridized carbons (Fsp3) is 0.111. The van der Waals surface area contributed by atoms with E-state index in [1.54, 1.807) is 48.5 Å². The smallest absolute Gasteiger partial charge is 0.352 e. The number of rotatable bonds is 6. The Kier molecular flexibility index (Phi) is 5.57. The Morgan fingerprint density at radius 1 is 1.00 bits per heavy atom. The number of benzene rings is 2. The molecule has 6 nitrogen and oxygen atoms in total. The zero-order chi connectivity index (χ0) is 17.5. The molecular weight excluding hydrogens is 310 g/mol. The van der Waals surface area contributed by atoms with Crippen molar-refractivity contribution >= 4 is 18.0 Å². The molecule has 0 saturated carbocycles. The molecule has 0 aliphatic heterocycles. The van der Waals surface area contributed by atoms with Crippen LogP contribution in [0.25, 0.3) is 6.08 Å². The van der Waals surface area contributed by atoms with Crippen LogP contribution in [0.4, 0.5) is 0 Å². The largest absolute Gasteiger partial charge is 0.497 e. The molecule has 2 rings (SSSR count). The van der Waals surface area contributed by atoms with Crippen molar-refractivity contribution in [1.29, 1.82) is 0 Å². The van der Waals surface area contributed by atoms with Gasteiger partial charge in [0, 0.05) is 11.6 Å². The summed E-state index contributed by atoms with van der Waals surface area (Å²) in [6.45, 7) is 0. The average Bonchev–Trinajstić information content (AvgIpc) is 2.61. The molecule has 0 radical (unpaired) electrons. The van der Waals surface area contributed by atoms with Gasteiger partial charge in [-0.15, -0.1) is 0 Å². The molecule has 0 aliphatic rings. The zero-order valence-electron chi connectivity index (χ0n) is 13.3. The third-order valence-electron chi connectivity index (χ3n) is 3.20. The molecule has 0 heterocycles. The lowest BCUT2D eigenvalue weighted by Gasteiger charge is -2.08. The summed E-state index contributed by atoms with van der Waals surface area (Å²) in [5.41, 5.74) is 0.643. The van der Waals surface area contributed by atoms with Crippen molar-refractivity contribution in [3.63, 3.8) is 0 Å². The molecule has 0 aromatic heterocycles. The van der Waals surface area contributed by atoms with Crippen LogP contribution >= 0.6 is 0 Å². The summed E-state index contributed by atoms with van der Waals surface area (Å²) in [6.07, 6.45) is 1.34. The molecule has 0 aliphatic carbocycles. The first-order valence-electron chi connectivity index (χ1n) is 7.08. The Hall–Kier alpha value is -3.28. The molecular formula is C18H17NO5. The lowest BCUT2D eigenvalue weighted by molar-refractivity contribution is -0.132. The number of carboxylic acid groups (broad SMARTS) is 1. The zero-order valence-corrected chi connectivity index (χ0v) is 13.3. The fourth-order valence-electron chi connectivity index (χ4n) is 2.01. The summed E-state index contributed by atoms with van der Waals surface area (Å²) in [6, 6.07) is 13.3. The molecule has 0 unspecified atom stereocenters. The van der Waals surface area contributed by atoms with Gasteiger partial charge < -0.3 is 19.9 Å². The summed E-state index contributed by atoms with van der Waals surface area (Å²) in [5, 5.41) is 11.7. The molecule has 0 spiro atoms. The van der Waals surface area contributed by atoms with Gasteiger partial charge in [0.1, 0.15) is 17.2 Å². The minimum absolute atomic E-state index is 0.251. The normalized spacial score (nSPS) is 10.8. The second-order valence-electron chi connectivity index (χ2n) is 4.83. The van der Waals surface area contributed by atoms with E-state index in [1.165, 1.54) is 20.3 Å². The Morgan fingerprint density at radius 3 is 2.08 bits per heavy atom. The van der Waals surface area contributed by atoms with Crippen LogP contribution < -0.4 is 14.8 Å². The van der Waals surface area contributed by atoms with Gasteiger partial charge in [-0.1, -0.05) is 18.2 Å². The van der Waals surface area contributed by atoms with E-state index < -0.39 is 11.9 Å². The minimum Gasteiger partial charge on any atom is -0.497 e. The number of hydrogen-bond acceptors (Lipinski definition) is 4. The summed E-state index contributed by atoms with van der Waals surface area (Å²) >= 11 is 0. The maximum Gasteiger partial charge on any atom is 0.352 e. The van der Waals surface area contributed by atoms with Gasteiger partial charge in [0.05, 0.1) is 14.2 Å². The molecule has 24 heavy (non-hydrogen) atoms. The van der Waals surface area contributed by atoms with E-state index in [2.05, 4.69) is 5.32 Å². The predicted octanol–water partition coefficient (Wildman–Crippen LogP) is 2.56. The van der Waals surface area contributed by atoms with Crippen molar-refractivity contribution < 1.29 is 24.2 Å². The van der Waals surface area contributed by atoms with Crippen molar-refractivity contribution in [2.24, 2.45) is 0 Å². The van der Waals surface area contributed by atoms with Crippen molar-refractivity contribution in [2.75, 3.05) is 14.2 Å². The van der Waals surface area contributed by atoms with Gasteiger partial charge in [-0.3, -0.25) is 4.79 Å². The number of nitrogens with one attached hydrogen (secondary N) is 1. The quantitative estimate of drug-likeness (QED) is 0.797. The molecule has 0 fully saturated rings. The summed E-state index contributed by atoms with van der Waals surface area (Å²) in [4.78, 5) is 23.6. The second-order valence-corrected chi connectivity index (χ2v) is 4.83. The molecule has 2 N–H and O–H groups in total. The SMILES string of the molecule is COc1cc(C=C(NC(=O)c2ccccc2)C(=O)O)cc(OC)c1. The van der Waals surface area contributed by atoms with Crippen LogP contribution in [0.3, 0.4) is 0 Å². The third-order valence-corrected chi connectivity index (χ3v) is 3.20. The molecule has 2 aromatic carbocycles. The predicted molar refractivity (Wildman–Crippen MR) is 89.1 cm³/mol. The first kappa shape index (κ1) is 17.1. The molecule has 124 valence electrons. The second kappa shape index (κ2) is 7.82. The van der Waals surface area contributed by atoms with Crippen LogP contribution in [0.2, 0.25) is 0 Å². The average molecular weight is 327 g/mol. The highest BCUT2D eigenvalue weighted by molar-refractivity contribution is 6.02. The molecule has 0 bridgehead atoms. The molecule has 6 heteroatoms. The van der Waals surface area contributed by atoms with Crippen LogP contribution in [0.1, 0.15) is 15.9 Å². The first-order valence-corrected chi connectivity index (χ1v) is 7.08. The monoisotopic (exact) mass is 327 g/mol. The Bertz CT molecular complexity index is 746. The van der Waals surface area contributed by atoms with Gasteiger partial charge in [0.25, 0.3) is 5.91 Å². The third kappa shape index (κ3) is 4.36. The molecule has 1 amide bonds. The van der Waals surface area contributed by atoms with E-state index in [1.807, 2.05) is 0 Å². The standard InChI is InChI=1S/C18H17NO5/c1-23-14-8-12(9-15(11-14)24-2)10-16(18(21)22)19-17(20)13-6-4-3-5-7-13/h3-11H,1-2H3,(H,19,20)(H,21,22). The Morgan fingerprint density at radius 2 is 1.58 bits per heavy atom. The number of carbonyl (C=O) groups excluding carboxylic acids is 1. The highest BCUT2D eigenvalue weighted by atomic mass is 16.5. The maximum atomic E-state index is 12.1. The lowest BCUT2D eigenvalue weighted by atomic mass is 10.1. The van der Waals surface area contributed by atoms with E-state index in [0.717, 1.165) is 0 Å². The fourth-order valence-corrected chi connectivity index (χ4v) is 2.01. The van der Waals surface area contributed by atoms with E-state index in [9.17, 15) is 14.7 Å². The van der Waals surface area contributed by atoms with E-state index in [4.69, 9.17) is 9.47 Å². The highest BCUT2D eigenvalue weighted by Gasteiger charge is 2.13. The Balaban J connectivity index is 2.32. The summed E-state index contributed by atoms with van der Waals surface area (Å²) in [7, 11) is 3.00. The number of hydrogen-bond donors (Lipinski definition) is 2. The van der Waals surface area contributed by atoms with Crippen LogP contribution in [-0.4, -0.2) is 31.2 Å². The van der Waals surface area contributed by atoms with Crippen LogP contribution in [0.15, 0.2) is 54.2 Å². The van der Waals surface area contributed by atoms with Gasteiger partial charge in [-0.2, -0.15) is 0 Å². The number of ether oxygens (including phenoxy) is 2. The summed E-state index contributed by atoms with van der Waals surface area (Å²) in [5.74, 6) is -0.723. The van der Waals surface area contributed by atoms with Crippen LogP contribution in [0, 0.1) is 0 Å². The van der Waals surface area contributed by atoms with Crippen LogP contribution in [0.5, 0.6) is 11.5 Å². The number of aliphatic carboxylic acids is 1. The van der Waals surface area contributed by atoms with Gasteiger partial charge in [0.2, 0.25) is 0 Å².